The number of allylic oxidation sites excluding steroid dienone is 1. The van der Waals surface area contributed by atoms with Gasteiger partial charge >= 0.3 is 5.97 Å². The fourth-order valence-electron chi connectivity index (χ4n) is 5.29. The highest BCUT2D eigenvalue weighted by atomic mass is 16.4. The first-order valence-electron chi connectivity index (χ1n) is 6.76. The largest absolute Gasteiger partial charge is 0.481 e. The third kappa shape index (κ3) is 1.15. The number of carbonyl (C=O) groups is 2. The van der Waals surface area contributed by atoms with E-state index in [4.69, 9.17) is 0 Å². The molecule has 98 valence electrons. The molecule has 3 aliphatic carbocycles. The summed E-state index contributed by atoms with van der Waals surface area (Å²) in [4.78, 5) is 23.6. The van der Waals surface area contributed by atoms with Crippen molar-refractivity contribution >= 4 is 11.8 Å². The quantitative estimate of drug-likeness (QED) is 0.726. The molecule has 1 N–H and O–H groups in total. The molecule has 0 saturated heterocycles. The van der Waals surface area contributed by atoms with E-state index in [1.807, 2.05) is 0 Å². The predicted octanol–water partition coefficient (Wildman–Crippen LogP) is 2.66. The van der Waals surface area contributed by atoms with E-state index >= 15 is 0 Å². The average molecular weight is 248 g/mol. The van der Waals surface area contributed by atoms with Crippen molar-refractivity contribution in [1.29, 1.82) is 0 Å². The molecule has 0 radical (unpaired) electrons. The molecule has 3 fully saturated rings. The molecule has 0 spiro atoms. The normalized spacial score (nSPS) is 45.1. The number of hydrogen-bond acceptors (Lipinski definition) is 2. The van der Waals surface area contributed by atoms with E-state index in [1.54, 1.807) is 0 Å². The standard InChI is InChI=1S/C15H20O3/c1-8-12(16)6-11-9-4-5-10(13(17)18)15(8,11)7-14(9,2)3/h9-11H,1,4-7H2,2-3H3,(H,17,18)/t9-,10-,11+,15+/m0/s1. The van der Waals surface area contributed by atoms with Gasteiger partial charge in [-0.25, -0.2) is 0 Å². The number of carbonyl (C=O) groups excluding carboxylic acids is 1. The van der Waals surface area contributed by atoms with Gasteiger partial charge in [0.2, 0.25) is 0 Å². The SMILES string of the molecule is C=C1C(=O)C[C@@H]2[C@@H]3CC[C@@H](C(=O)O)[C@@]12CC3(C)C. The number of carboxylic acid groups (broad SMARTS) is 1. The zero-order valence-corrected chi connectivity index (χ0v) is 11.0. The Labute approximate surface area is 107 Å². The van der Waals surface area contributed by atoms with Gasteiger partial charge in [0.15, 0.2) is 5.78 Å². The van der Waals surface area contributed by atoms with Gasteiger partial charge in [0.05, 0.1) is 5.92 Å². The smallest absolute Gasteiger partial charge is 0.307 e. The molecule has 0 amide bonds. The third-order valence-electron chi connectivity index (χ3n) is 5.89. The lowest BCUT2D eigenvalue weighted by atomic mass is 9.61. The molecule has 0 aromatic heterocycles. The summed E-state index contributed by atoms with van der Waals surface area (Å²) in [6, 6.07) is 0. The third-order valence-corrected chi connectivity index (χ3v) is 5.89. The summed E-state index contributed by atoms with van der Waals surface area (Å²) in [5, 5.41) is 9.52. The van der Waals surface area contributed by atoms with Crippen molar-refractivity contribution < 1.29 is 14.7 Å². The van der Waals surface area contributed by atoms with Crippen LogP contribution in [0.2, 0.25) is 0 Å². The summed E-state index contributed by atoms with van der Waals surface area (Å²) in [6.45, 7) is 8.42. The van der Waals surface area contributed by atoms with Crippen molar-refractivity contribution in [2.24, 2.45) is 28.6 Å². The zero-order chi connectivity index (χ0) is 13.3. The maximum Gasteiger partial charge on any atom is 0.307 e. The van der Waals surface area contributed by atoms with E-state index < -0.39 is 17.3 Å². The molecule has 0 unspecified atom stereocenters. The molecule has 4 atom stereocenters. The average Bonchev–Trinajstić information content (AvgIpc) is 2.57. The number of carboxylic acids is 1. The first-order valence-corrected chi connectivity index (χ1v) is 6.76. The van der Waals surface area contributed by atoms with Gasteiger partial charge < -0.3 is 5.11 Å². The molecule has 0 aliphatic heterocycles. The van der Waals surface area contributed by atoms with Gasteiger partial charge in [-0.3, -0.25) is 9.59 Å². The van der Waals surface area contributed by atoms with Crippen LogP contribution >= 0.6 is 0 Å². The molecule has 3 nitrogen and oxygen atoms in total. The maximum atomic E-state index is 12.0. The highest BCUT2D eigenvalue weighted by molar-refractivity contribution is 6.00. The van der Waals surface area contributed by atoms with Gasteiger partial charge in [-0.05, 0) is 42.1 Å². The van der Waals surface area contributed by atoms with Gasteiger partial charge in [-0.15, -0.1) is 0 Å². The van der Waals surface area contributed by atoms with Gasteiger partial charge in [0.25, 0.3) is 0 Å². The summed E-state index contributed by atoms with van der Waals surface area (Å²) in [5.74, 6) is -0.334. The lowest BCUT2D eigenvalue weighted by molar-refractivity contribution is -0.148. The Hall–Kier alpha value is -1.12. The zero-order valence-electron chi connectivity index (χ0n) is 11.0. The van der Waals surface area contributed by atoms with Crippen molar-refractivity contribution in [1.82, 2.24) is 0 Å². The van der Waals surface area contributed by atoms with Crippen molar-refractivity contribution in [3.05, 3.63) is 12.2 Å². The number of Topliss-reactive ketones (excluding diaryl/α,β-unsaturated/α-hetero) is 1. The second-order valence-corrected chi connectivity index (χ2v) is 6.99. The van der Waals surface area contributed by atoms with E-state index in [0.717, 1.165) is 12.8 Å². The molecule has 2 bridgehead atoms. The van der Waals surface area contributed by atoms with Crippen molar-refractivity contribution in [2.45, 2.75) is 39.5 Å². The van der Waals surface area contributed by atoms with Gasteiger partial charge in [0.1, 0.15) is 0 Å². The highest BCUT2D eigenvalue weighted by Gasteiger charge is 2.68. The molecular formula is C15H20O3. The lowest BCUT2D eigenvalue weighted by Crippen LogP contribution is -2.41. The van der Waals surface area contributed by atoms with Gasteiger partial charge in [-0.2, -0.15) is 0 Å². The molecule has 3 heteroatoms. The molecule has 18 heavy (non-hydrogen) atoms. The van der Waals surface area contributed by atoms with E-state index in [1.165, 1.54) is 0 Å². The Morgan fingerprint density at radius 3 is 2.61 bits per heavy atom. The van der Waals surface area contributed by atoms with Crippen molar-refractivity contribution in [3.63, 3.8) is 0 Å². The van der Waals surface area contributed by atoms with E-state index in [9.17, 15) is 14.7 Å². The minimum Gasteiger partial charge on any atom is -0.481 e. The fraction of sp³-hybridized carbons (Fsp3) is 0.733. The Bertz CT molecular complexity index is 462. The van der Waals surface area contributed by atoms with Crippen LogP contribution in [0.15, 0.2) is 12.2 Å². The van der Waals surface area contributed by atoms with Crippen LogP contribution in [-0.2, 0) is 9.59 Å². The summed E-state index contributed by atoms with van der Waals surface area (Å²) >= 11 is 0. The highest BCUT2D eigenvalue weighted by Crippen LogP contribution is 2.71. The predicted molar refractivity (Wildman–Crippen MR) is 66.9 cm³/mol. The Kier molecular flexibility index (Phi) is 2.16. The number of ketones is 1. The number of hydrogen-bond donors (Lipinski definition) is 1. The number of rotatable bonds is 1. The van der Waals surface area contributed by atoms with Gasteiger partial charge in [-0.1, -0.05) is 20.4 Å². The van der Waals surface area contributed by atoms with Crippen molar-refractivity contribution in [3.8, 4) is 0 Å². The topological polar surface area (TPSA) is 54.4 Å². The lowest BCUT2D eigenvalue weighted by Gasteiger charge is -2.41. The van der Waals surface area contributed by atoms with E-state index in [2.05, 4.69) is 20.4 Å². The summed E-state index contributed by atoms with van der Waals surface area (Å²) in [6.07, 6.45) is 2.98. The van der Waals surface area contributed by atoms with Gasteiger partial charge in [0, 0.05) is 11.8 Å². The molecule has 0 heterocycles. The second-order valence-electron chi connectivity index (χ2n) is 6.99. The first kappa shape index (κ1) is 11.9. The Morgan fingerprint density at radius 1 is 1.33 bits per heavy atom. The minimum atomic E-state index is -0.744. The number of aliphatic carboxylic acids is 1. The fourth-order valence-corrected chi connectivity index (χ4v) is 5.29. The van der Waals surface area contributed by atoms with Crippen LogP contribution in [0.1, 0.15) is 39.5 Å². The summed E-state index contributed by atoms with van der Waals surface area (Å²) < 4.78 is 0. The van der Waals surface area contributed by atoms with Crippen molar-refractivity contribution in [2.75, 3.05) is 0 Å². The summed E-state index contributed by atoms with van der Waals surface area (Å²) in [5.41, 5.74) is 0.309. The molecular weight excluding hydrogens is 228 g/mol. The van der Waals surface area contributed by atoms with Crippen LogP contribution < -0.4 is 0 Å². The molecule has 0 aromatic rings. The minimum absolute atomic E-state index is 0.105. The van der Waals surface area contributed by atoms with Crippen LogP contribution in [0.4, 0.5) is 0 Å². The first-order chi connectivity index (χ1) is 8.30. The molecule has 3 saturated carbocycles. The van der Waals surface area contributed by atoms with Crippen LogP contribution in [0.5, 0.6) is 0 Å². The van der Waals surface area contributed by atoms with E-state index in [0.29, 0.717) is 24.3 Å². The summed E-state index contributed by atoms with van der Waals surface area (Å²) in [7, 11) is 0. The van der Waals surface area contributed by atoms with Crippen LogP contribution in [0, 0.1) is 28.6 Å². The Morgan fingerprint density at radius 2 is 2.00 bits per heavy atom. The van der Waals surface area contributed by atoms with Crippen LogP contribution in [0.25, 0.3) is 0 Å². The maximum absolute atomic E-state index is 12.0. The van der Waals surface area contributed by atoms with Crippen LogP contribution in [-0.4, -0.2) is 16.9 Å². The van der Waals surface area contributed by atoms with E-state index in [-0.39, 0.29) is 17.1 Å². The Balaban J connectivity index is 2.16. The molecule has 3 aliphatic rings. The molecule has 3 rings (SSSR count). The molecule has 0 aromatic carbocycles. The van der Waals surface area contributed by atoms with Crippen LogP contribution in [0.3, 0.4) is 0 Å². The second kappa shape index (κ2) is 3.25. The monoisotopic (exact) mass is 248 g/mol.